The molecule has 2 amide bonds. The molecule has 0 unspecified atom stereocenters. The minimum atomic E-state index is -0.662. The largest absolute Gasteiger partial charge is 0.444 e. The summed E-state index contributed by atoms with van der Waals surface area (Å²) in [6, 6.07) is 3.32. The lowest BCUT2D eigenvalue weighted by Crippen LogP contribution is -2.34. The first-order valence-corrected chi connectivity index (χ1v) is 8.77. The van der Waals surface area contributed by atoms with Gasteiger partial charge in [0.2, 0.25) is 0 Å². The van der Waals surface area contributed by atoms with Gasteiger partial charge in [0.1, 0.15) is 12.3 Å². The van der Waals surface area contributed by atoms with Crippen LogP contribution in [0.4, 0.5) is 15.6 Å². The molecule has 9 heteroatoms. The number of thiazole rings is 1. The molecular weight excluding hydrogens is 356 g/mol. The van der Waals surface area contributed by atoms with E-state index >= 15 is 0 Å². The zero-order valence-electron chi connectivity index (χ0n) is 15.4. The summed E-state index contributed by atoms with van der Waals surface area (Å²) in [6.45, 7) is 7.05. The zero-order chi connectivity index (χ0) is 19.3. The number of carbonyl (C=O) groups is 2. The first-order chi connectivity index (χ1) is 12.2. The maximum absolute atomic E-state index is 13.0. The maximum atomic E-state index is 13.0. The van der Waals surface area contributed by atoms with E-state index in [1.165, 1.54) is 23.3 Å². The van der Waals surface area contributed by atoms with E-state index in [0.29, 0.717) is 10.8 Å². The Morgan fingerprint density at radius 1 is 1.31 bits per heavy atom. The lowest BCUT2D eigenvalue weighted by molar-refractivity contribution is 0.0636. The van der Waals surface area contributed by atoms with E-state index in [1.807, 2.05) is 0 Å². The van der Waals surface area contributed by atoms with Crippen molar-refractivity contribution in [1.29, 1.82) is 0 Å². The molecule has 1 N–H and O–H groups in total. The second-order valence-corrected chi connectivity index (χ2v) is 7.31. The van der Waals surface area contributed by atoms with Gasteiger partial charge >= 0.3 is 6.09 Å². The number of amides is 2. The standard InChI is InChI=1S/C17H22N4O4S/c1-11-6-7-12(20-16(23)25-17(2,3)4)13(19-11)14(22)21(10-24-5)15-18-8-9-26-15/h6-9H,10H2,1-5H3,(H,20,23). The van der Waals surface area contributed by atoms with E-state index < -0.39 is 17.6 Å². The maximum Gasteiger partial charge on any atom is 0.412 e. The molecule has 0 atom stereocenters. The third kappa shape index (κ3) is 5.24. The van der Waals surface area contributed by atoms with Gasteiger partial charge in [-0.1, -0.05) is 0 Å². The monoisotopic (exact) mass is 378 g/mol. The van der Waals surface area contributed by atoms with Crippen LogP contribution in [0.15, 0.2) is 23.7 Å². The molecule has 2 aromatic heterocycles. The molecule has 0 aliphatic carbocycles. The Labute approximate surface area is 156 Å². The van der Waals surface area contributed by atoms with Gasteiger partial charge in [0.15, 0.2) is 10.8 Å². The van der Waals surface area contributed by atoms with Crippen LogP contribution in [0, 0.1) is 6.92 Å². The molecule has 26 heavy (non-hydrogen) atoms. The van der Waals surface area contributed by atoms with Gasteiger partial charge in [-0.15, -0.1) is 11.3 Å². The summed E-state index contributed by atoms with van der Waals surface area (Å²) >= 11 is 1.30. The molecule has 0 saturated carbocycles. The molecule has 140 valence electrons. The summed E-state index contributed by atoms with van der Waals surface area (Å²) in [5, 5.41) is 4.82. The van der Waals surface area contributed by atoms with Crippen molar-refractivity contribution in [1.82, 2.24) is 9.97 Å². The average molecular weight is 378 g/mol. The molecule has 0 spiro atoms. The van der Waals surface area contributed by atoms with Gasteiger partial charge in [-0.3, -0.25) is 15.0 Å². The Bertz CT molecular complexity index is 772. The van der Waals surface area contributed by atoms with Crippen molar-refractivity contribution in [3.8, 4) is 0 Å². The van der Waals surface area contributed by atoms with E-state index in [-0.39, 0.29) is 18.1 Å². The Kier molecular flexibility index (Phi) is 6.27. The zero-order valence-corrected chi connectivity index (χ0v) is 16.2. The number of hydrogen-bond acceptors (Lipinski definition) is 7. The summed E-state index contributed by atoms with van der Waals surface area (Å²) in [7, 11) is 1.48. The molecule has 0 aliphatic heterocycles. The van der Waals surface area contributed by atoms with Gasteiger partial charge in [-0.05, 0) is 39.8 Å². The third-order valence-corrected chi connectivity index (χ3v) is 3.82. The second kappa shape index (κ2) is 8.24. The summed E-state index contributed by atoms with van der Waals surface area (Å²) in [5.41, 5.74) is 0.324. The van der Waals surface area contributed by atoms with E-state index in [4.69, 9.17) is 9.47 Å². The highest BCUT2D eigenvalue weighted by Crippen LogP contribution is 2.23. The van der Waals surface area contributed by atoms with Crippen LogP contribution in [0.5, 0.6) is 0 Å². The third-order valence-electron chi connectivity index (χ3n) is 3.03. The van der Waals surface area contributed by atoms with Crippen LogP contribution in [0.3, 0.4) is 0 Å². The summed E-state index contributed by atoms with van der Waals surface area (Å²) < 4.78 is 10.4. The van der Waals surface area contributed by atoms with Crippen molar-refractivity contribution in [2.24, 2.45) is 0 Å². The highest BCUT2D eigenvalue weighted by atomic mass is 32.1. The number of aromatic nitrogens is 2. The van der Waals surface area contributed by atoms with Crippen LogP contribution in [-0.4, -0.2) is 41.4 Å². The van der Waals surface area contributed by atoms with Crippen LogP contribution in [0.2, 0.25) is 0 Å². The fraction of sp³-hybridized carbons (Fsp3) is 0.412. The Morgan fingerprint density at radius 3 is 2.62 bits per heavy atom. The number of anilines is 2. The molecule has 0 saturated heterocycles. The van der Waals surface area contributed by atoms with Crippen molar-refractivity contribution in [2.75, 3.05) is 24.1 Å². The van der Waals surface area contributed by atoms with Crippen LogP contribution in [0.1, 0.15) is 37.0 Å². The molecular formula is C17H22N4O4S. The second-order valence-electron chi connectivity index (χ2n) is 6.44. The number of methoxy groups -OCH3 is 1. The number of nitrogens with one attached hydrogen (secondary N) is 1. The van der Waals surface area contributed by atoms with E-state index in [2.05, 4.69) is 15.3 Å². The molecule has 2 rings (SSSR count). The SMILES string of the molecule is COCN(C(=O)c1nc(C)ccc1NC(=O)OC(C)(C)C)c1nccs1. The smallest absolute Gasteiger partial charge is 0.412 e. The molecule has 0 bridgehead atoms. The number of nitrogens with zero attached hydrogens (tertiary/aromatic N) is 3. The fourth-order valence-electron chi connectivity index (χ4n) is 2.04. The minimum Gasteiger partial charge on any atom is -0.444 e. The number of aryl methyl sites for hydroxylation is 1. The summed E-state index contributed by atoms with van der Waals surface area (Å²) in [6.07, 6.45) is 0.934. The van der Waals surface area contributed by atoms with Gasteiger partial charge in [0.25, 0.3) is 5.91 Å². The van der Waals surface area contributed by atoms with Crippen LogP contribution in [-0.2, 0) is 9.47 Å². The highest BCUT2D eigenvalue weighted by molar-refractivity contribution is 7.13. The number of pyridine rings is 1. The van der Waals surface area contributed by atoms with Gasteiger partial charge in [-0.2, -0.15) is 0 Å². The van der Waals surface area contributed by atoms with Crippen molar-refractivity contribution in [3.05, 3.63) is 35.1 Å². The van der Waals surface area contributed by atoms with Crippen LogP contribution >= 0.6 is 11.3 Å². The molecule has 2 aromatic rings. The Hall–Kier alpha value is -2.52. The summed E-state index contributed by atoms with van der Waals surface area (Å²) in [5.74, 6) is -0.434. The molecule has 0 aromatic carbocycles. The number of ether oxygens (including phenoxy) is 2. The van der Waals surface area contributed by atoms with Crippen molar-refractivity contribution in [3.63, 3.8) is 0 Å². The molecule has 0 fully saturated rings. The van der Waals surface area contributed by atoms with Crippen molar-refractivity contribution >= 4 is 34.2 Å². The van der Waals surface area contributed by atoms with E-state index in [1.54, 1.807) is 51.4 Å². The minimum absolute atomic E-state index is 0.00778. The van der Waals surface area contributed by atoms with Gasteiger partial charge in [0.05, 0.1) is 5.69 Å². The lowest BCUT2D eigenvalue weighted by atomic mass is 10.2. The predicted octanol–water partition coefficient (Wildman–Crippen LogP) is 3.44. The van der Waals surface area contributed by atoms with Crippen molar-refractivity contribution in [2.45, 2.75) is 33.3 Å². The first-order valence-electron chi connectivity index (χ1n) is 7.89. The number of rotatable bonds is 5. The average Bonchev–Trinajstić information content (AvgIpc) is 3.06. The first kappa shape index (κ1) is 19.8. The number of hydrogen-bond donors (Lipinski definition) is 1. The van der Waals surface area contributed by atoms with E-state index in [0.717, 1.165) is 0 Å². The van der Waals surface area contributed by atoms with Crippen molar-refractivity contribution < 1.29 is 19.1 Å². The quantitative estimate of drug-likeness (QED) is 0.801. The van der Waals surface area contributed by atoms with Gasteiger partial charge in [0, 0.05) is 24.4 Å². The predicted molar refractivity (Wildman–Crippen MR) is 99.6 cm³/mol. The lowest BCUT2D eigenvalue weighted by Gasteiger charge is -2.22. The summed E-state index contributed by atoms with van der Waals surface area (Å²) in [4.78, 5) is 34.9. The number of carbonyl (C=O) groups excluding carboxylic acids is 2. The van der Waals surface area contributed by atoms with Crippen LogP contribution < -0.4 is 10.2 Å². The normalized spacial score (nSPS) is 11.1. The molecule has 0 aliphatic rings. The van der Waals surface area contributed by atoms with Gasteiger partial charge in [-0.25, -0.2) is 14.8 Å². The Morgan fingerprint density at radius 2 is 2.04 bits per heavy atom. The topological polar surface area (TPSA) is 93.7 Å². The molecule has 8 nitrogen and oxygen atoms in total. The highest BCUT2D eigenvalue weighted by Gasteiger charge is 2.25. The van der Waals surface area contributed by atoms with Crippen LogP contribution in [0.25, 0.3) is 0 Å². The molecule has 0 radical (unpaired) electrons. The van der Waals surface area contributed by atoms with E-state index in [9.17, 15) is 9.59 Å². The fourth-order valence-corrected chi connectivity index (χ4v) is 2.67. The molecule has 2 heterocycles. The Balaban J connectivity index is 2.33. The van der Waals surface area contributed by atoms with Gasteiger partial charge < -0.3 is 9.47 Å².